The molecule has 2 aromatic carbocycles. The van der Waals surface area contributed by atoms with E-state index in [0.717, 1.165) is 24.1 Å². The van der Waals surface area contributed by atoms with Crippen molar-refractivity contribution in [3.63, 3.8) is 0 Å². The zero-order valence-corrected chi connectivity index (χ0v) is 26.2. The van der Waals surface area contributed by atoms with E-state index in [1.165, 1.54) is 0 Å². The molecule has 6 rings (SSSR count). The number of nitrogens with one attached hydrogen (secondary N) is 2. The van der Waals surface area contributed by atoms with Gasteiger partial charge in [-0.25, -0.2) is 0 Å². The molecule has 0 radical (unpaired) electrons. The van der Waals surface area contributed by atoms with Crippen LogP contribution in [0.4, 0.5) is 17.1 Å². The number of aliphatic hydroxyl groups is 2. The normalized spacial score (nSPS) is 24.3. The Kier molecular flexibility index (Phi) is 9.23. The van der Waals surface area contributed by atoms with Crippen LogP contribution in [0, 0.1) is 5.92 Å². The maximum absolute atomic E-state index is 14.3. The monoisotopic (exact) mass is 630 g/mol. The lowest BCUT2D eigenvalue weighted by molar-refractivity contribution is -0.139. The summed E-state index contributed by atoms with van der Waals surface area (Å²) >= 11 is 0. The van der Waals surface area contributed by atoms with Crippen LogP contribution in [0.15, 0.2) is 54.6 Å². The second kappa shape index (κ2) is 13.3. The molecule has 0 aliphatic carbocycles. The number of amides is 4. The van der Waals surface area contributed by atoms with E-state index in [0.29, 0.717) is 49.7 Å². The van der Waals surface area contributed by atoms with Crippen LogP contribution in [0.2, 0.25) is 0 Å². The van der Waals surface area contributed by atoms with E-state index in [9.17, 15) is 29.4 Å². The Morgan fingerprint density at radius 2 is 1.70 bits per heavy atom. The van der Waals surface area contributed by atoms with Crippen molar-refractivity contribution in [2.45, 2.75) is 44.4 Å². The Morgan fingerprint density at radius 3 is 2.37 bits per heavy atom. The summed E-state index contributed by atoms with van der Waals surface area (Å²) in [5.74, 6) is -1.43. The van der Waals surface area contributed by atoms with Crippen molar-refractivity contribution in [1.29, 1.82) is 0 Å². The van der Waals surface area contributed by atoms with E-state index in [1.54, 1.807) is 56.9 Å². The molecule has 0 bridgehead atoms. The van der Waals surface area contributed by atoms with Crippen molar-refractivity contribution >= 4 is 40.7 Å². The van der Waals surface area contributed by atoms with E-state index in [2.05, 4.69) is 10.6 Å². The van der Waals surface area contributed by atoms with Crippen LogP contribution in [0.5, 0.6) is 0 Å². The molecule has 0 aromatic heterocycles. The number of aliphatic hydroxyl groups excluding tert-OH is 1. The second-order valence-electron chi connectivity index (χ2n) is 12.5. The zero-order valence-electron chi connectivity index (χ0n) is 26.2. The highest BCUT2D eigenvalue weighted by atomic mass is 16.3. The molecule has 2 aromatic rings. The van der Waals surface area contributed by atoms with Gasteiger partial charge in [-0.3, -0.25) is 19.2 Å². The molecule has 244 valence electrons. The van der Waals surface area contributed by atoms with Crippen LogP contribution >= 0.6 is 0 Å². The van der Waals surface area contributed by atoms with Gasteiger partial charge in [0.2, 0.25) is 17.7 Å². The fraction of sp³-hybridized carbons (Fsp3) is 0.471. The van der Waals surface area contributed by atoms with Gasteiger partial charge in [0, 0.05) is 62.0 Å². The average Bonchev–Trinajstić information content (AvgIpc) is 3.63. The van der Waals surface area contributed by atoms with Gasteiger partial charge in [0.15, 0.2) is 5.60 Å². The summed E-state index contributed by atoms with van der Waals surface area (Å²) in [5.41, 5.74) is 1.15. The SMILES string of the molecule is C[C@H](/C=C/CC(=O)N1CCC[C@H]1CO)[C@@]1(O)C(=O)N(Cc2cccc(N3CCNCC3=O)c2)c2ccc(N3CCNCC3=O)cc21. The number of piperazine rings is 2. The van der Waals surface area contributed by atoms with Crippen LogP contribution in [0.1, 0.15) is 37.3 Å². The molecule has 3 saturated heterocycles. The van der Waals surface area contributed by atoms with E-state index in [4.69, 9.17) is 0 Å². The van der Waals surface area contributed by atoms with E-state index >= 15 is 0 Å². The molecule has 46 heavy (non-hydrogen) atoms. The van der Waals surface area contributed by atoms with E-state index in [1.807, 2.05) is 24.3 Å². The highest BCUT2D eigenvalue weighted by Crippen LogP contribution is 2.47. The van der Waals surface area contributed by atoms with Gasteiger partial charge < -0.3 is 40.4 Å². The Hall–Kier alpha value is -4.10. The first-order valence-electron chi connectivity index (χ1n) is 16.1. The standard InChI is InChI=1S/C34H42N6O6/c1-23(5-2-9-30(42)37-14-4-8-27(37)22-41)34(46)28-18-26(39-16-13-36-20-32(39)44)10-11-29(28)40(33(34)45)21-24-6-3-7-25(17-24)38-15-12-35-19-31(38)43/h2-3,5-7,10-11,17-18,23,27,35-36,41,46H,4,8-9,12-16,19-22H2,1H3/b5-2+/t23-,27+,34+/m1/s1. The van der Waals surface area contributed by atoms with Crippen LogP contribution < -0.4 is 25.3 Å². The van der Waals surface area contributed by atoms with Gasteiger partial charge in [-0.05, 0) is 48.7 Å². The number of fused-ring (bicyclic) bond motifs is 1. The molecular formula is C34H42N6O6. The van der Waals surface area contributed by atoms with Crippen molar-refractivity contribution < 1.29 is 29.4 Å². The lowest BCUT2D eigenvalue weighted by Gasteiger charge is -2.30. The average molecular weight is 631 g/mol. The summed E-state index contributed by atoms with van der Waals surface area (Å²) in [6.45, 7) is 5.26. The minimum atomic E-state index is -1.95. The number of likely N-dealkylation sites (tertiary alicyclic amines) is 1. The van der Waals surface area contributed by atoms with Crippen LogP contribution in [0.25, 0.3) is 0 Å². The van der Waals surface area contributed by atoms with E-state index in [-0.39, 0.29) is 56.4 Å². The first-order valence-corrected chi connectivity index (χ1v) is 16.1. The second-order valence-corrected chi connectivity index (χ2v) is 12.5. The van der Waals surface area contributed by atoms with Crippen molar-refractivity contribution in [3.05, 3.63) is 65.7 Å². The Bertz CT molecular complexity index is 1550. The quantitative estimate of drug-likeness (QED) is 0.299. The van der Waals surface area contributed by atoms with Crippen molar-refractivity contribution in [1.82, 2.24) is 15.5 Å². The minimum absolute atomic E-state index is 0.0222. The van der Waals surface area contributed by atoms with Crippen molar-refractivity contribution in [2.24, 2.45) is 5.92 Å². The van der Waals surface area contributed by atoms with Gasteiger partial charge in [0.25, 0.3) is 5.91 Å². The molecule has 3 fully saturated rings. The van der Waals surface area contributed by atoms with Gasteiger partial charge >= 0.3 is 0 Å². The summed E-state index contributed by atoms with van der Waals surface area (Å²) in [5, 5.41) is 28.1. The predicted molar refractivity (Wildman–Crippen MR) is 173 cm³/mol. The summed E-state index contributed by atoms with van der Waals surface area (Å²) in [4.78, 5) is 59.1. The maximum atomic E-state index is 14.3. The number of carbonyl (C=O) groups is 4. The lowest BCUT2D eigenvalue weighted by Crippen LogP contribution is -2.48. The van der Waals surface area contributed by atoms with Crippen LogP contribution in [0.3, 0.4) is 0 Å². The van der Waals surface area contributed by atoms with Crippen LogP contribution in [-0.4, -0.2) is 97.2 Å². The minimum Gasteiger partial charge on any atom is -0.394 e. The predicted octanol–water partition coefficient (Wildman–Crippen LogP) is 0.859. The number of anilines is 3. The maximum Gasteiger partial charge on any atom is 0.264 e. The number of nitrogens with zero attached hydrogens (tertiary/aromatic N) is 4. The van der Waals surface area contributed by atoms with Gasteiger partial charge in [0.05, 0.1) is 38.0 Å². The van der Waals surface area contributed by atoms with Gasteiger partial charge in [-0.1, -0.05) is 31.2 Å². The molecule has 4 heterocycles. The Morgan fingerprint density at radius 1 is 1.00 bits per heavy atom. The number of benzene rings is 2. The molecular weight excluding hydrogens is 588 g/mol. The van der Waals surface area contributed by atoms with Crippen molar-refractivity contribution in [3.8, 4) is 0 Å². The summed E-state index contributed by atoms with van der Waals surface area (Å²) < 4.78 is 0. The third kappa shape index (κ3) is 5.93. The fourth-order valence-corrected chi connectivity index (χ4v) is 7.01. The number of rotatable bonds is 9. The summed E-state index contributed by atoms with van der Waals surface area (Å²) in [7, 11) is 0. The number of hydrogen-bond donors (Lipinski definition) is 4. The molecule has 4 aliphatic rings. The fourth-order valence-electron chi connectivity index (χ4n) is 7.01. The smallest absolute Gasteiger partial charge is 0.264 e. The lowest BCUT2D eigenvalue weighted by atomic mass is 9.82. The first-order chi connectivity index (χ1) is 22.2. The summed E-state index contributed by atoms with van der Waals surface area (Å²) in [6.07, 6.45) is 5.10. The molecule has 4 aliphatic heterocycles. The summed E-state index contributed by atoms with van der Waals surface area (Å²) in [6, 6.07) is 12.7. The van der Waals surface area contributed by atoms with Gasteiger partial charge in [-0.15, -0.1) is 0 Å². The topological polar surface area (TPSA) is 146 Å². The number of hydrogen-bond acceptors (Lipinski definition) is 8. The molecule has 12 nitrogen and oxygen atoms in total. The van der Waals surface area contributed by atoms with Crippen LogP contribution in [-0.2, 0) is 31.3 Å². The molecule has 12 heteroatoms. The highest BCUT2D eigenvalue weighted by Gasteiger charge is 2.53. The van der Waals surface area contributed by atoms with Gasteiger partial charge in [-0.2, -0.15) is 0 Å². The molecule has 0 unspecified atom stereocenters. The highest BCUT2D eigenvalue weighted by molar-refractivity contribution is 6.08. The molecule has 0 saturated carbocycles. The third-order valence-corrected chi connectivity index (χ3v) is 9.59. The Balaban J connectivity index is 1.29. The molecule has 3 atom stereocenters. The molecule has 4 N–H and O–H groups in total. The Labute approximate surface area is 268 Å². The largest absolute Gasteiger partial charge is 0.394 e. The number of carbonyl (C=O) groups excluding carboxylic acids is 4. The van der Waals surface area contributed by atoms with Crippen molar-refractivity contribution in [2.75, 3.05) is 67.1 Å². The molecule has 0 spiro atoms. The third-order valence-electron chi connectivity index (χ3n) is 9.59. The van der Waals surface area contributed by atoms with E-state index < -0.39 is 17.4 Å². The zero-order chi connectivity index (χ0) is 32.4. The van der Waals surface area contributed by atoms with Gasteiger partial charge in [0.1, 0.15) is 0 Å². The molecule has 4 amide bonds. The first kappa shape index (κ1) is 31.9.